The molecule has 132 valence electrons. The van der Waals surface area contributed by atoms with Crippen LogP contribution < -0.4 is 5.32 Å². The minimum absolute atomic E-state index is 0.0518. The number of benzene rings is 2. The molecule has 1 heterocycles. The maximum atomic E-state index is 12.7. The summed E-state index contributed by atoms with van der Waals surface area (Å²) in [6.45, 7) is 0.108. The van der Waals surface area contributed by atoms with Crippen molar-refractivity contribution in [2.75, 3.05) is 0 Å². The molecule has 26 heavy (non-hydrogen) atoms. The number of nitrogens with one attached hydrogen (secondary N) is 1. The van der Waals surface area contributed by atoms with Gasteiger partial charge in [0, 0.05) is 5.56 Å². The Balaban J connectivity index is 1.51. The lowest BCUT2D eigenvalue weighted by atomic mass is 10.0. The Morgan fingerprint density at radius 1 is 1.15 bits per heavy atom. The van der Waals surface area contributed by atoms with Crippen LogP contribution in [0.15, 0.2) is 60.9 Å². The van der Waals surface area contributed by atoms with Crippen LogP contribution in [0.3, 0.4) is 0 Å². The quantitative estimate of drug-likeness (QED) is 0.720. The van der Waals surface area contributed by atoms with E-state index in [2.05, 4.69) is 27.5 Å². The van der Waals surface area contributed by atoms with Crippen LogP contribution in [0.4, 0.5) is 0 Å². The molecule has 1 aromatic heterocycles. The molecule has 1 N–H and O–H groups in total. The maximum absolute atomic E-state index is 12.7. The summed E-state index contributed by atoms with van der Waals surface area (Å²) in [4.78, 5) is 16.9. The van der Waals surface area contributed by atoms with Crippen LogP contribution in [0.2, 0.25) is 5.02 Å². The first-order valence-electron chi connectivity index (χ1n) is 8.69. The fraction of sp³-hybridized carbons (Fsp3) is 0.250. The van der Waals surface area contributed by atoms with Gasteiger partial charge in [-0.3, -0.25) is 4.79 Å². The number of hydrogen-bond acceptors (Lipinski definition) is 3. The molecule has 0 aliphatic heterocycles. The predicted octanol–water partition coefficient (Wildman–Crippen LogP) is 3.87. The van der Waals surface area contributed by atoms with Crippen molar-refractivity contribution in [3.8, 4) is 11.4 Å². The Morgan fingerprint density at radius 2 is 1.88 bits per heavy atom. The maximum Gasteiger partial charge on any atom is 0.242 e. The van der Waals surface area contributed by atoms with E-state index in [-0.39, 0.29) is 18.5 Å². The molecule has 1 aliphatic rings. The number of rotatable bonds is 6. The van der Waals surface area contributed by atoms with Crippen LogP contribution in [0.5, 0.6) is 0 Å². The number of hydrogen-bond donors (Lipinski definition) is 1. The van der Waals surface area contributed by atoms with Crippen molar-refractivity contribution in [3.63, 3.8) is 0 Å². The molecular weight excluding hydrogens is 348 g/mol. The largest absolute Gasteiger partial charge is 0.347 e. The van der Waals surface area contributed by atoms with Crippen molar-refractivity contribution >= 4 is 17.5 Å². The molecule has 1 amide bonds. The molecular formula is C20H19ClN4O. The summed E-state index contributed by atoms with van der Waals surface area (Å²) in [6.07, 6.45) is 3.74. The smallest absolute Gasteiger partial charge is 0.242 e. The number of amides is 1. The van der Waals surface area contributed by atoms with E-state index in [9.17, 15) is 4.79 Å². The van der Waals surface area contributed by atoms with E-state index >= 15 is 0 Å². The zero-order valence-electron chi connectivity index (χ0n) is 14.2. The Hall–Kier alpha value is -2.66. The first-order valence-corrected chi connectivity index (χ1v) is 9.07. The Kier molecular flexibility index (Phi) is 4.71. The Morgan fingerprint density at radius 3 is 2.62 bits per heavy atom. The zero-order chi connectivity index (χ0) is 17.9. The molecule has 6 heteroatoms. The van der Waals surface area contributed by atoms with E-state index < -0.39 is 0 Å². The first kappa shape index (κ1) is 16.8. The van der Waals surface area contributed by atoms with Gasteiger partial charge in [-0.15, -0.1) is 0 Å². The molecule has 2 aromatic carbocycles. The zero-order valence-corrected chi connectivity index (χ0v) is 14.9. The van der Waals surface area contributed by atoms with Gasteiger partial charge in [0.1, 0.15) is 12.9 Å². The highest BCUT2D eigenvalue weighted by atomic mass is 35.5. The Bertz CT molecular complexity index is 905. The van der Waals surface area contributed by atoms with Gasteiger partial charge in [0.05, 0.1) is 11.1 Å². The third-order valence-corrected chi connectivity index (χ3v) is 4.92. The monoisotopic (exact) mass is 366 g/mol. The summed E-state index contributed by atoms with van der Waals surface area (Å²) in [7, 11) is 0. The van der Waals surface area contributed by atoms with Crippen molar-refractivity contribution in [2.24, 2.45) is 5.92 Å². The fourth-order valence-corrected chi connectivity index (χ4v) is 3.37. The van der Waals surface area contributed by atoms with E-state index in [0.717, 1.165) is 24.0 Å². The third kappa shape index (κ3) is 3.63. The van der Waals surface area contributed by atoms with Gasteiger partial charge in [-0.05, 0) is 36.5 Å². The van der Waals surface area contributed by atoms with Crippen molar-refractivity contribution in [1.29, 1.82) is 0 Å². The van der Waals surface area contributed by atoms with Crippen LogP contribution in [0, 0.1) is 5.92 Å². The predicted molar refractivity (Wildman–Crippen MR) is 101 cm³/mol. The second-order valence-electron chi connectivity index (χ2n) is 6.51. The number of carbonyl (C=O) groups excluding carboxylic acids is 1. The lowest BCUT2D eigenvalue weighted by molar-refractivity contribution is -0.122. The molecule has 0 bridgehead atoms. The summed E-state index contributed by atoms with van der Waals surface area (Å²) >= 11 is 6.26. The molecule has 1 aliphatic carbocycles. The molecule has 1 atom stereocenters. The molecule has 0 saturated heterocycles. The average molecular weight is 367 g/mol. The van der Waals surface area contributed by atoms with Gasteiger partial charge >= 0.3 is 0 Å². The highest BCUT2D eigenvalue weighted by Crippen LogP contribution is 2.40. The van der Waals surface area contributed by atoms with E-state index in [0.29, 0.717) is 16.8 Å². The summed E-state index contributed by atoms with van der Waals surface area (Å²) in [5, 5.41) is 7.95. The molecule has 1 fully saturated rings. The van der Waals surface area contributed by atoms with E-state index in [1.54, 1.807) is 10.7 Å². The molecule has 5 nitrogen and oxygen atoms in total. The van der Waals surface area contributed by atoms with Gasteiger partial charge in [-0.25, -0.2) is 9.67 Å². The van der Waals surface area contributed by atoms with Crippen LogP contribution in [-0.4, -0.2) is 20.7 Å². The van der Waals surface area contributed by atoms with Crippen LogP contribution >= 0.6 is 11.6 Å². The van der Waals surface area contributed by atoms with E-state index in [1.807, 2.05) is 36.4 Å². The van der Waals surface area contributed by atoms with Crippen LogP contribution in [-0.2, 0) is 11.3 Å². The van der Waals surface area contributed by atoms with Gasteiger partial charge in [0.25, 0.3) is 0 Å². The van der Waals surface area contributed by atoms with Crippen LogP contribution in [0.1, 0.15) is 24.4 Å². The fourth-order valence-electron chi connectivity index (χ4n) is 3.15. The highest BCUT2D eigenvalue weighted by Gasteiger charge is 2.33. The van der Waals surface area contributed by atoms with Gasteiger partial charge < -0.3 is 5.32 Å². The van der Waals surface area contributed by atoms with Crippen molar-refractivity contribution in [3.05, 3.63) is 71.5 Å². The van der Waals surface area contributed by atoms with Crippen LogP contribution in [0.25, 0.3) is 11.4 Å². The standard InChI is InChI=1S/C20H19ClN4O/c21-17-9-5-4-8-16(17)20-22-13-23-25(20)12-18(26)24-19(15-10-11-15)14-6-2-1-3-7-14/h1-9,13,15,19H,10-12H2,(H,24,26)/t19-/m1/s1. The second kappa shape index (κ2) is 7.30. The van der Waals surface area contributed by atoms with Crippen molar-refractivity contribution in [2.45, 2.75) is 25.4 Å². The van der Waals surface area contributed by atoms with Gasteiger partial charge in [0.2, 0.25) is 5.91 Å². The summed E-state index contributed by atoms with van der Waals surface area (Å²) in [5.41, 5.74) is 1.91. The minimum Gasteiger partial charge on any atom is -0.347 e. The number of halogens is 1. The van der Waals surface area contributed by atoms with Gasteiger partial charge in [0.15, 0.2) is 5.82 Å². The van der Waals surface area contributed by atoms with E-state index in [4.69, 9.17) is 11.6 Å². The number of aromatic nitrogens is 3. The molecule has 0 radical (unpaired) electrons. The lowest BCUT2D eigenvalue weighted by Gasteiger charge is -2.19. The third-order valence-electron chi connectivity index (χ3n) is 4.59. The number of nitrogens with zero attached hydrogens (tertiary/aromatic N) is 3. The summed E-state index contributed by atoms with van der Waals surface area (Å²) in [5.74, 6) is 1.03. The molecule has 1 saturated carbocycles. The van der Waals surface area contributed by atoms with Crippen molar-refractivity contribution in [1.82, 2.24) is 20.1 Å². The topological polar surface area (TPSA) is 59.8 Å². The first-order chi connectivity index (χ1) is 12.7. The summed E-state index contributed by atoms with van der Waals surface area (Å²) < 4.78 is 1.59. The number of carbonyl (C=O) groups is 1. The summed E-state index contributed by atoms with van der Waals surface area (Å²) in [6, 6.07) is 17.6. The SMILES string of the molecule is O=C(Cn1ncnc1-c1ccccc1Cl)N[C@H](c1ccccc1)C1CC1. The molecule has 0 unspecified atom stereocenters. The van der Waals surface area contributed by atoms with Crippen molar-refractivity contribution < 1.29 is 4.79 Å². The van der Waals surface area contributed by atoms with E-state index in [1.165, 1.54) is 6.33 Å². The minimum atomic E-state index is -0.0791. The van der Waals surface area contributed by atoms with Gasteiger partial charge in [-0.2, -0.15) is 5.10 Å². The molecule has 3 aromatic rings. The normalized spacial score (nSPS) is 14.8. The molecule has 0 spiro atoms. The highest BCUT2D eigenvalue weighted by molar-refractivity contribution is 6.33. The lowest BCUT2D eigenvalue weighted by Crippen LogP contribution is -2.33. The average Bonchev–Trinajstić information content (AvgIpc) is 3.40. The Labute approximate surface area is 157 Å². The van der Waals surface area contributed by atoms with Gasteiger partial charge in [-0.1, -0.05) is 54.1 Å². The molecule has 4 rings (SSSR count). The second-order valence-corrected chi connectivity index (χ2v) is 6.92.